The van der Waals surface area contributed by atoms with Crippen LogP contribution in [-0.4, -0.2) is 61.0 Å². The molecular weight excluding hydrogens is 362 g/mol. The van der Waals surface area contributed by atoms with Crippen molar-refractivity contribution in [2.24, 2.45) is 0 Å². The lowest BCUT2D eigenvalue weighted by Gasteiger charge is -2.44. The molecular formula is C24H37N3O2. The van der Waals surface area contributed by atoms with Gasteiger partial charge in [-0.05, 0) is 53.3 Å². The number of furan rings is 1. The number of fused-ring (bicyclic) bond motifs is 1. The van der Waals surface area contributed by atoms with Gasteiger partial charge in [0.15, 0.2) is 0 Å². The standard InChI is InChI=1S/C24H37N3O2/c1-6-7-11-21-22(19-10-8-9-12-20(19)29-21)23(28)25-17-24(2,3)27-15-13-18(14-16-27)26(4)5/h8-10,12,18H,6-7,11,13-17H2,1-5H3,(H,25,28). The minimum Gasteiger partial charge on any atom is -0.460 e. The maximum absolute atomic E-state index is 13.2. The Bertz CT molecular complexity index is 817. The normalized spacial score (nSPS) is 16.6. The van der Waals surface area contributed by atoms with Gasteiger partial charge in [-0.1, -0.05) is 31.5 Å². The highest BCUT2D eigenvalue weighted by atomic mass is 16.3. The zero-order valence-electron chi connectivity index (χ0n) is 18.8. The summed E-state index contributed by atoms with van der Waals surface area (Å²) in [6.45, 7) is 9.39. The number of likely N-dealkylation sites (tertiary alicyclic amines) is 1. The van der Waals surface area contributed by atoms with Crippen molar-refractivity contribution in [2.75, 3.05) is 33.7 Å². The summed E-state index contributed by atoms with van der Waals surface area (Å²) in [6, 6.07) is 8.52. The zero-order valence-corrected chi connectivity index (χ0v) is 18.8. The molecule has 1 amide bonds. The number of unbranched alkanes of at least 4 members (excludes halogenated alkanes) is 1. The number of hydrogen-bond acceptors (Lipinski definition) is 4. The molecule has 3 rings (SSSR count). The van der Waals surface area contributed by atoms with Gasteiger partial charge in [0.1, 0.15) is 11.3 Å². The first-order valence-electron chi connectivity index (χ1n) is 11.0. The van der Waals surface area contributed by atoms with Gasteiger partial charge in [0.25, 0.3) is 5.91 Å². The molecule has 2 heterocycles. The third kappa shape index (κ3) is 5.01. The molecule has 2 aromatic rings. The molecule has 0 unspecified atom stereocenters. The quantitative estimate of drug-likeness (QED) is 0.719. The van der Waals surface area contributed by atoms with E-state index in [0.717, 1.165) is 54.6 Å². The van der Waals surface area contributed by atoms with Crippen molar-refractivity contribution in [3.05, 3.63) is 35.6 Å². The summed E-state index contributed by atoms with van der Waals surface area (Å²) < 4.78 is 6.03. The number of rotatable bonds is 8. The Balaban J connectivity index is 1.69. The molecule has 5 nitrogen and oxygen atoms in total. The molecule has 1 saturated heterocycles. The van der Waals surface area contributed by atoms with Gasteiger partial charge in [0.05, 0.1) is 5.56 Å². The fourth-order valence-corrected chi connectivity index (χ4v) is 4.34. The van der Waals surface area contributed by atoms with Crippen LogP contribution in [-0.2, 0) is 6.42 Å². The number of para-hydroxylation sites is 1. The summed E-state index contributed by atoms with van der Waals surface area (Å²) in [7, 11) is 4.33. The molecule has 0 radical (unpaired) electrons. The highest BCUT2D eigenvalue weighted by Gasteiger charge is 2.32. The van der Waals surface area contributed by atoms with E-state index < -0.39 is 0 Å². The number of piperidine rings is 1. The number of amides is 1. The van der Waals surface area contributed by atoms with Crippen molar-refractivity contribution in [2.45, 2.75) is 64.5 Å². The van der Waals surface area contributed by atoms with Gasteiger partial charge >= 0.3 is 0 Å². The average Bonchev–Trinajstić information content (AvgIpc) is 3.09. The number of hydrogen-bond donors (Lipinski definition) is 1. The third-order valence-corrected chi connectivity index (χ3v) is 6.39. The lowest BCUT2D eigenvalue weighted by atomic mass is 9.95. The Hall–Kier alpha value is -1.85. The summed E-state index contributed by atoms with van der Waals surface area (Å²) in [6.07, 6.45) is 5.26. The minimum atomic E-state index is -0.0733. The Morgan fingerprint density at radius 1 is 1.24 bits per heavy atom. The average molecular weight is 400 g/mol. The molecule has 1 aliphatic rings. The van der Waals surface area contributed by atoms with Crippen LogP contribution in [0.2, 0.25) is 0 Å². The zero-order chi connectivity index (χ0) is 21.0. The molecule has 160 valence electrons. The van der Waals surface area contributed by atoms with Crippen LogP contribution in [0.5, 0.6) is 0 Å². The van der Waals surface area contributed by atoms with E-state index in [9.17, 15) is 4.79 Å². The maximum atomic E-state index is 13.2. The Morgan fingerprint density at radius 2 is 1.93 bits per heavy atom. The maximum Gasteiger partial charge on any atom is 0.255 e. The molecule has 1 aromatic carbocycles. The van der Waals surface area contributed by atoms with Crippen molar-refractivity contribution in [3.8, 4) is 0 Å². The number of nitrogens with one attached hydrogen (secondary N) is 1. The van der Waals surface area contributed by atoms with Gasteiger partial charge in [0, 0.05) is 43.0 Å². The first-order valence-corrected chi connectivity index (χ1v) is 11.0. The van der Waals surface area contributed by atoms with Crippen LogP contribution < -0.4 is 5.32 Å². The van der Waals surface area contributed by atoms with Crippen LogP contribution in [0.4, 0.5) is 0 Å². The lowest BCUT2D eigenvalue weighted by Crippen LogP contribution is -2.55. The Labute approximate surface area is 175 Å². The number of carbonyl (C=O) groups excluding carboxylic acids is 1. The fraction of sp³-hybridized carbons (Fsp3) is 0.625. The molecule has 0 spiro atoms. The SMILES string of the molecule is CCCCc1oc2ccccc2c1C(=O)NCC(C)(C)N1CCC(N(C)C)CC1. The van der Waals surface area contributed by atoms with Gasteiger partial charge in [0.2, 0.25) is 0 Å². The van der Waals surface area contributed by atoms with Crippen LogP contribution in [0.1, 0.15) is 62.6 Å². The summed E-state index contributed by atoms with van der Waals surface area (Å²) in [5.41, 5.74) is 1.45. The monoisotopic (exact) mass is 399 g/mol. The van der Waals surface area contributed by atoms with E-state index in [2.05, 4.69) is 50.0 Å². The van der Waals surface area contributed by atoms with Gasteiger partial charge in [-0.2, -0.15) is 0 Å². The molecule has 1 aliphatic heterocycles. The third-order valence-electron chi connectivity index (χ3n) is 6.39. The van der Waals surface area contributed by atoms with Gasteiger partial charge in [-0.25, -0.2) is 0 Å². The van der Waals surface area contributed by atoms with Gasteiger partial charge in [-0.15, -0.1) is 0 Å². The van der Waals surface area contributed by atoms with E-state index in [4.69, 9.17) is 4.42 Å². The van der Waals surface area contributed by atoms with Crippen molar-refractivity contribution < 1.29 is 9.21 Å². The molecule has 0 bridgehead atoms. The van der Waals surface area contributed by atoms with Crippen LogP contribution >= 0.6 is 0 Å². The topological polar surface area (TPSA) is 48.7 Å². The molecule has 29 heavy (non-hydrogen) atoms. The van der Waals surface area contributed by atoms with Crippen LogP contribution in [0, 0.1) is 0 Å². The first-order chi connectivity index (χ1) is 13.8. The van der Waals surface area contributed by atoms with Crippen molar-refractivity contribution in [3.63, 3.8) is 0 Å². The Morgan fingerprint density at radius 3 is 2.59 bits per heavy atom. The van der Waals surface area contributed by atoms with Crippen LogP contribution in [0.15, 0.2) is 28.7 Å². The smallest absolute Gasteiger partial charge is 0.255 e. The predicted octanol–water partition coefficient (Wildman–Crippen LogP) is 4.31. The number of nitrogens with zero attached hydrogens (tertiary/aromatic N) is 2. The first kappa shape index (κ1) is 21.8. The predicted molar refractivity (Wildman–Crippen MR) is 120 cm³/mol. The molecule has 1 N–H and O–H groups in total. The van der Waals surface area contributed by atoms with Crippen LogP contribution in [0.3, 0.4) is 0 Å². The molecule has 0 saturated carbocycles. The largest absolute Gasteiger partial charge is 0.460 e. The van der Waals surface area contributed by atoms with Crippen molar-refractivity contribution in [1.29, 1.82) is 0 Å². The van der Waals surface area contributed by atoms with Gasteiger partial charge in [-0.3, -0.25) is 9.69 Å². The summed E-state index contributed by atoms with van der Waals surface area (Å²) >= 11 is 0. The highest BCUT2D eigenvalue weighted by molar-refractivity contribution is 6.07. The van der Waals surface area contributed by atoms with E-state index >= 15 is 0 Å². The number of benzene rings is 1. The van der Waals surface area contributed by atoms with Crippen molar-refractivity contribution in [1.82, 2.24) is 15.1 Å². The number of carbonyl (C=O) groups is 1. The van der Waals surface area contributed by atoms with Crippen molar-refractivity contribution >= 4 is 16.9 Å². The summed E-state index contributed by atoms with van der Waals surface area (Å²) in [5, 5.41) is 4.13. The van der Waals surface area contributed by atoms with E-state index in [1.54, 1.807) is 0 Å². The fourth-order valence-electron chi connectivity index (χ4n) is 4.34. The second-order valence-electron chi connectivity index (χ2n) is 9.18. The second kappa shape index (κ2) is 9.31. The molecule has 5 heteroatoms. The second-order valence-corrected chi connectivity index (χ2v) is 9.18. The van der Waals surface area contributed by atoms with E-state index in [-0.39, 0.29) is 11.4 Å². The summed E-state index contributed by atoms with van der Waals surface area (Å²) in [4.78, 5) is 18.0. The Kier molecular flexibility index (Phi) is 7.01. The number of aryl methyl sites for hydroxylation is 1. The molecule has 1 aromatic heterocycles. The van der Waals surface area contributed by atoms with E-state index in [1.807, 2.05) is 24.3 Å². The molecule has 1 fully saturated rings. The van der Waals surface area contributed by atoms with E-state index in [1.165, 1.54) is 12.8 Å². The summed E-state index contributed by atoms with van der Waals surface area (Å²) in [5.74, 6) is 0.799. The lowest BCUT2D eigenvalue weighted by molar-refractivity contribution is 0.0587. The van der Waals surface area contributed by atoms with E-state index in [0.29, 0.717) is 12.6 Å². The minimum absolute atomic E-state index is 0.0164. The molecule has 0 atom stereocenters. The van der Waals surface area contributed by atoms with Gasteiger partial charge < -0.3 is 14.6 Å². The highest BCUT2D eigenvalue weighted by Crippen LogP contribution is 2.28. The molecule has 0 aliphatic carbocycles. The van der Waals surface area contributed by atoms with Crippen LogP contribution in [0.25, 0.3) is 11.0 Å².